The van der Waals surface area contributed by atoms with E-state index in [1.807, 2.05) is 0 Å². The zero-order chi connectivity index (χ0) is 42.6. The molecule has 336 valence electrons. The lowest BCUT2D eigenvalue weighted by atomic mass is 10.1. The van der Waals surface area contributed by atoms with Crippen LogP contribution in [-0.4, -0.2) is 37.0 Å². The second kappa shape index (κ2) is 51.2. The van der Waals surface area contributed by atoms with Crippen LogP contribution < -0.4 is 0 Å². The van der Waals surface area contributed by atoms with Crippen LogP contribution in [0.3, 0.4) is 0 Å². The maximum atomic E-state index is 12.3. The van der Waals surface area contributed by atoms with Gasteiger partial charge in [-0.3, -0.25) is 4.79 Å². The zero-order valence-electron chi connectivity index (χ0n) is 38.5. The highest BCUT2D eigenvalue weighted by molar-refractivity contribution is 5.69. The van der Waals surface area contributed by atoms with E-state index in [1.54, 1.807) is 0 Å². The Bertz CT molecular complexity index is 1130. The van der Waals surface area contributed by atoms with Crippen molar-refractivity contribution in [2.24, 2.45) is 0 Å². The summed E-state index contributed by atoms with van der Waals surface area (Å²) in [6, 6.07) is 0. The lowest BCUT2D eigenvalue weighted by molar-refractivity contribution is -0.154. The molecule has 0 bridgehead atoms. The number of carbonyl (C=O) groups excluding carboxylic acids is 1. The van der Waals surface area contributed by atoms with Gasteiger partial charge in [0.2, 0.25) is 0 Å². The fourth-order valence-corrected chi connectivity index (χ4v) is 6.52. The average molecular weight is 817 g/mol. The molecular weight excluding hydrogens is 725 g/mol. The van der Waals surface area contributed by atoms with Crippen LogP contribution in [0.15, 0.2) is 109 Å². The lowest BCUT2D eigenvalue weighted by Gasteiger charge is -2.16. The van der Waals surface area contributed by atoms with Gasteiger partial charge < -0.3 is 14.6 Å². The smallest absolute Gasteiger partial charge is 0.306 e. The summed E-state index contributed by atoms with van der Waals surface area (Å²) in [4.78, 5) is 12.3. The molecule has 1 N–H and O–H groups in total. The Morgan fingerprint density at radius 3 is 1.07 bits per heavy atom. The van der Waals surface area contributed by atoms with E-state index in [0.717, 1.165) is 77.0 Å². The third kappa shape index (κ3) is 49.3. The summed E-state index contributed by atoms with van der Waals surface area (Å²) in [7, 11) is 0. The molecule has 59 heavy (non-hydrogen) atoms. The highest BCUT2D eigenvalue weighted by Gasteiger charge is 2.13. The first-order valence-corrected chi connectivity index (χ1v) is 24.5. The van der Waals surface area contributed by atoms with E-state index in [2.05, 4.69) is 123 Å². The molecule has 0 spiro atoms. The number of aliphatic hydroxyl groups is 1. The van der Waals surface area contributed by atoms with E-state index in [1.165, 1.54) is 109 Å². The van der Waals surface area contributed by atoms with Gasteiger partial charge in [0.1, 0.15) is 6.10 Å². The minimum absolute atomic E-state index is 0.183. The summed E-state index contributed by atoms with van der Waals surface area (Å²) < 4.78 is 11.2. The predicted molar refractivity (Wildman–Crippen MR) is 260 cm³/mol. The molecule has 1 atom stereocenters. The third-order valence-electron chi connectivity index (χ3n) is 10.1. The lowest BCUT2D eigenvalue weighted by Crippen LogP contribution is -2.27. The Morgan fingerprint density at radius 2 is 0.712 bits per heavy atom. The van der Waals surface area contributed by atoms with Crippen molar-refractivity contribution >= 4 is 5.97 Å². The van der Waals surface area contributed by atoms with Crippen molar-refractivity contribution in [2.45, 2.75) is 213 Å². The molecule has 0 saturated heterocycles. The van der Waals surface area contributed by atoms with Gasteiger partial charge in [0.15, 0.2) is 0 Å². The van der Waals surface area contributed by atoms with Crippen LogP contribution in [-0.2, 0) is 14.3 Å². The minimum Gasteiger partial charge on any atom is -0.457 e. The molecule has 0 aliphatic carbocycles. The standard InChI is InChI=1S/C55H92O4/c1-3-5-7-9-11-13-15-17-19-21-23-25-27-28-29-30-32-34-36-38-40-42-44-46-48-50-55(57)59-54(52-56)53-58-51-49-47-45-43-41-39-37-35-33-31-26-24-22-20-18-16-14-12-10-8-6-4-2/h5-8,11-14,17-20,23-26,28-29,54,56H,3-4,9-10,15-16,21-22,27,30-53H2,1-2H3/b7-5-,8-6-,13-11-,14-12-,19-17-,20-18-,25-23-,26-24-,29-28-. The number of esters is 1. The van der Waals surface area contributed by atoms with Crippen molar-refractivity contribution in [1.29, 1.82) is 0 Å². The van der Waals surface area contributed by atoms with E-state index in [4.69, 9.17) is 9.47 Å². The molecule has 1 unspecified atom stereocenters. The van der Waals surface area contributed by atoms with E-state index >= 15 is 0 Å². The van der Waals surface area contributed by atoms with E-state index in [0.29, 0.717) is 13.0 Å². The van der Waals surface area contributed by atoms with Crippen LogP contribution in [0, 0.1) is 0 Å². The van der Waals surface area contributed by atoms with E-state index in [9.17, 15) is 9.90 Å². The van der Waals surface area contributed by atoms with Crippen molar-refractivity contribution in [1.82, 2.24) is 0 Å². The number of unbranched alkanes of at least 4 members (excludes halogenated alkanes) is 18. The number of hydrogen-bond acceptors (Lipinski definition) is 4. The molecule has 0 fully saturated rings. The monoisotopic (exact) mass is 817 g/mol. The van der Waals surface area contributed by atoms with Crippen LogP contribution in [0.2, 0.25) is 0 Å². The molecular formula is C55H92O4. The Hall–Kier alpha value is -2.95. The summed E-state index contributed by atoms with van der Waals surface area (Å²) >= 11 is 0. The highest BCUT2D eigenvalue weighted by atomic mass is 16.6. The molecule has 0 aromatic carbocycles. The van der Waals surface area contributed by atoms with Crippen molar-refractivity contribution in [3.8, 4) is 0 Å². The second-order valence-electron chi connectivity index (χ2n) is 15.8. The first kappa shape index (κ1) is 56.1. The number of allylic oxidation sites excluding steroid dienone is 18. The molecule has 0 aromatic rings. The molecule has 0 aromatic heterocycles. The van der Waals surface area contributed by atoms with Crippen LogP contribution in [0.1, 0.15) is 206 Å². The Kier molecular flexibility index (Phi) is 48.6. The summed E-state index contributed by atoms with van der Waals surface area (Å²) in [6.07, 6.45) is 74.5. The highest BCUT2D eigenvalue weighted by Crippen LogP contribution is 2.14. The Balaban J connectivity index is 3.49. The van der Waals surface area contributed by atoms with Crippen molar-refractivity contribution < 1.29 is 19.4 Å². The van der Waals surface area contributed by atoms with Gasteiger partial charge in [-0.05, 0) is 96.3 Å². The molecule has 0 saturated carbocycles. The topological polar surface area (TPSA) is 55.8 Å². The number of rotatable bonds is 44. The molecule has 0 heterocycles. The van der Waals surface area contributed by atoms with Gasteiger partial charge in [0, 0.05) is 13.0 Å². The van der Waals surface area contributed by atoms with Gasteiger partial charge in [0.05, 0.1) is 13.2 Å². The number of carbonyl (C=O) groups is 1. The Labute approximate surface area is 365 Å². The number of hydrogen-bond donors (Lipinski definition) is 1. The molecule has 0 rings (SSSR count). The average Bonchev–Trinajstić information content (AvgIpc) is 3.24. The molecule has 4 nitrogen and oxygen atoms in total. The van der Waals surface area contributed by atoms with Gasteiger partial charge in [-0.2, -0.15) is 0 Å². The van der Waals surface area contributed by atoms with Gasteiger partial charge in [0.25, 0.3) is 0 Å². The molecule has 0 aliphatic heterocycles. The SMILES string of the molecule is CC/C=C\C/C=C\C/C=C\C/C=C\C/C=C\CCCCCCCCCCCC(=O)OC(CO)COCCCCCCCCCCC/C=C\C/C=C\C/C=C\C/C=C\CC. The van der Waals surface area contributed by atoms with Gasteiger partial charge >= 0.3 is 5.97 Å². The van der Waals surface area contributed by atoms with Crippen molar-refractivity contribution in [2.75, 3.05) is 19.8 Å². The summed E-state index contributed by atoms with van der Waals surface area (Å²) in [5.74, 6) is -0.213. The van der Waals surface area contributed by atoms with Crippen molar-refractivity contribution in [3.63, 3.8) is 0 Å². The maximum absolute atomic E-state index is 12.3. The molecule has 0 aliphatic rings. The largest absolute Gasteiger partial charge is 0.457 e. The second-order valence-corrected chi connectivity index (χ2v) is 15.8. The number of aliphatic hydroxyl groups excluding tert-OH is 1. The van der Waals surface area contributed by atoms with Crippen LogP contribution >= 0.6 is 0 Å². The van der Waals surface area contributed by atoms with Gasteiger partial charge in [-0.15, -0.1) is 0 Å². The van der Waals surface area contributed by atoms with E-state index in [-0.39, 0.29) is 19.2 Å². The molecule has 4 heteroatoms. The molecule has 0 radical (unpaired) electrons. The fourth-order valence-electron chi connectivity index (χ4n) is 6.52. The summed E-state index contributed by atoms with van der Waals surface area (Å²) in [5.41, 5.74) is 0. The fraction of sp³-hybridized carbons (Fsp3) is 0.655. The quantitative estimate of drug-likeness (QED) is 0.0378. The van der Waals surface area contributed by atoms with Crippen molar-refractivity contribution in [3.05, 3.63) is 109 Å². The third-order valence-corrected chi connectivity index (χ3v) is 10.1. The first-order valence-electron chi connectivity index (χ1n) is 24.5. The van der Waals surface area contributed by atoms with Gasteiger partial charge in [-0.1, -0.05) is 213 Å². The zero-order valence-corrected chi connectivity index (χ0v) is 38.5. The van der Waals surface area contributed by atoms with E-state index < -0.39 is 6.10 Å². The summed E-state index contributed by atoms with van der Waals surface area (Å²) in [6.45, 7) is 5.10. The molecule has 0 amide bonds. The number of ether oxygens (including phenoxy) is 2. The normalized spacial score (nSPS) is 13.3. The predicted octanol–water partition coefficient (Wildman–Crippen LogP) is 16.7. The van der Waals surface area contributed by atoms with Crippen LogP contribution in [0.5, 0.6) is 0 Å². The minimum atomic E-state index is -0.550. The Morgan fingerprint density at radius 1 is 0.407 bits per heavy atom. The first-order chi connectivity index (χ1) is 29.2. The van der Waals surface area contributed by atoms with Gasteiger partial charge in [-0.25, -0.2) is 0 Å². The van der Waals surface area contributed by atoms with Crippen LogP contribution in [0.25, 0.3) is 0 Å². The summed E-state index contributed by atoms with van der Waals surface area (Å²) in [5, 5.41) is 9.65. The maximum Gasteiger partial charge on any atom is 0.306 e. The van der Waals surface area contributed by atoms with Crippen LogP contribution in [0.4, 0.5) is 0 Å².